The maximum absolute atomic E-state index is 12.2. The summed E-state index contributed by atoms with van der Waals surface area (Å²) in [6.07, 6.45) is 10.9. The average Bonchev–Trinajstić information content (AvgIpc) is 4.08. The molecule has 3 aromatic carbocycles. The minimum atomic E-state index is -0.450. The van der Waals surface area contributed by atoms with Crippen LogP contribution >= 0.6 is 0 Å². The Kier molecular flexibility index (Phi) is 15.2. The van der Waals surface area contributed by atoms with E-state index >= 15 is 0 Å². The summed E-state index contributed by atoms with van der Waals surface area (Å²) in [5.74, 6) is 21.5. The van der Waals surface area contributed by atoms with Crippen LogP contribution in [0, 0.1) is 53.3 Å². The highest BCUT2D eigenvalue weighted by molar-refractivity contribution is 5.88. The second-order valence-corrected chi connectivity index (χ2v) is 19.0. The van der Waals surface area contributed by atoms with Crippen molar-refractivity contribution in [3.8, 4) is 35.5 Å². The highest BCUT2D eigenvalue weighted by Gasteiger charge is 2.42. The Morgan fingerprint density at radius 3 is 1.14 bits per heavy atom. The fourth-order valence-electron chi connectivity index (χ4n) is 9.10. The van der Waals surface area contributed by atoms with Crippen LogP contribution in [-0.4, -0.2) is 70.7 Å². The lowest BCUT2D eigenvalue weighted by Crippen LogP contribution is -2.52. The molecule has 2 saturated carbocycles. The second kappa shape index (κ2) is 22.6. The number of fused-ring (bicyclic) bond motifs is 2. The molecule has 3 saturated heterocycles. The van der Waals surface area contributed by atoms with Crippen LogP contribution in [0.4, 0.5) is 31.8 Å². The standard InChI is InChI=1S/2C20H18N2O2.C20H20N2O2/c2*23-20-22(14-17-7-4-8-18(17)24-20)19-12-11-16(13-21-19)10-9-15-5-2-1-3-6-15;1-15-14-22(19(23)24-20(15,2)3)18-12-11-17(13-21-18)10-9-16-7-5-4-6-8-16/h2*1-3,5-6,11-13,17-18H,4,7-8,14H2;4-8,11-13,15H,14H2,1-3H3. The van der Waals surface area contributed by atoms with Crippen LogP contribution in [-0.2, 0) is 14.2 Å². The number of hydrogen-bond donors (Lipinski definition) is 0. The summed E-state index contributed by atoms with van der Waals surface area (Å²) in [7, 11) is 0. The summed E-state index contributed by atoms with van der Waals surface area (Å²) >= 11 is 0. The zero-order valence-electron chi connectivity index (χ0n) is 40.7. The average molecular weight is 957 g/mol. The molecule has 0 radical (unpaired) electrons. The molecule has 5 atom stereocenters. The van der Waals surface area contributed by atoms with E-state index in [1.165, 1.54) is 0 Å². The molecular formula is C60H56N6O6. The monoisotopic (exact) mass is 956 g/mol. The number of carbonyl (C=O) groups excluding carboxylic acids is 3. The Morgan fingerprint density at radius 1 is 0.444 bits per heavy atom. The van der Waals surface area contributed by atoms with Crippen LogP contribution in [0.3, 0.4) is 0 Å². The first-order valence-electron chi connectivity index (χ1n) is 24.6. The Hall–Kier alpha value is -8.40. The first kappa shape index (κ1) is 48.6. The fraction of sp³-hybridized carbons (Fsp3) is 0.300. The maximum atomic E-state index is 12.2. The Labute approximate surface area is 421 Å². The van der Waals surface area contributed by atoms with Gasteiger partial charge in [-0.1, -0.05) is 97.0 Å². The smallest absolute Gasteiger partial charge is 0.416 e. The van der Waals surface area contributed by atoms with E-state index in [9.17, 15) is 14.4 Å². The maximum Gasteiger partial charge on any atom is 0.416 e. The summed E-state index contributed by atoms with van der Waals surface area (Å²) in [5.41, 5.74) is 4.90. The molecule has 0 bridgehead atoms. The lowest BCUT2D eigenvalue weighted by Gasteiger charge is -2.41. The first-order valence-corrected chi connectivity index (χ1v) is 24.6. The molecule has 0 spiro atoms. The van der Waals surface area contributed by atoms with E-state index < -0.39 is 5.60 Å². The number of pyridine rings is 3. The molecule has 12 heteroatoms. The van der Waals surface area contributed by atoms with Crippen LogP contribution in [0.2, 0.25) is 0 Å². The molecular weight excluding hydrogens is 901 g/mol. The van der Waals surface area contributed by atoms with Gasteiger partial charge in [-0.15, -0.1) is 0 Å². The minimum Gasteiger partial charge on any atom is -0.445 e. The molecule has 3 amide bonds. The van der Waals surface area contributed by atoms with Gasteiger partial charge in [0.2, 0.25) is 0 Å². The summed E-state index contributed by atoms with van der Waals surface area (Å²) < 4.78 is 16.6. The second-order valence-electron chi connectivity index (χ2n) is 19.0. The number of amides is 3. The van der Waals surface area contributed by atoms with Crippen LogP contribution in [0.25, 0.3) is 0 Å². The van der Waals surface area contributed by atoms with Crippen LogP contribution in [0.1, 0.15) is 92.7 Å². The third-order valence-electron chi connectivity index (χ3n) is 13.6. The first-order chi connectivity index (χ1) is 35.0. The van der Waals surface area contributed by atoms with E-state index in [-0.39, 0.29) is 36.4 Å². The number of ether oxygens (including phenoxy) is 3. The highest BCUT2D eigenvalue weighted by Crippen LogP contribution is 2.36. The van der Waals surface area contributed by atoms with Gasteiger partial charge in [-0.3, -0.25) is 14.7 Å². The van der Waals surface area contributed by atoms with E-state index in [1.807, 2.05) is 135 Å². The van der Waals surface area contributed by atoms with Gasteiger partial charge >= 0.3 is 18.3 Å². The van der Waals surface area contributed by atoms with Crippen molar-refractivity contribution in [2.45, 2.75) is 77.1 Å². The predicted octanol–water partition coefficient (Wildman–Crippen LogP) is 11.1. The van der Waals surface area contributed by atoms with Crippen molar-refractivity contribution < 1.29 is 28.6 Å². The summed E-state index contributed by atoms with van der Waals surface area (Å²) in [5, 5.41) is 0. The van der Waals surface area contributed by atoms with Crippen molar-refractivity contribution in [1.82, 2.24) is 15.0 Å². The number of cyclic esters (lactones) is 1. The Balaban J connectivity index is 0.000000133. The van der Waals surface area contributed by atoms with Gasteiger partial charge in [0.1, 0.15) is 35.3 Å². The highest BCUT2D eigenvalue weighted by atomic mass is 16.6. The van der Waals surface area contributed by atoms with E-state index in [0.29, 0.717) is 48.9 Å². The molecule has 5 fully saturated rings. The molecule has 5 unspecified atom stereocenters. The van der Waals surface area contributed by atoms with E-state index in [1.54, 1.807) is 39.4 Å². The zero-order valence-corrected chi connectivity index (χ0v) is 40.7. The Morgan fingerprint density at radius 2 is 0.792 bits per heavy atom. The van der Waals surface area contributed by atoms with Crippen molar-refractivity contribution >= 4 is 35.7 Å². The number of nitrogens with zero attached hydrogens (tertiary/aromatic N) is 6. The van der Waals surface area contributed by atoms with Gasteiger partial charge in [0, 0.05) is 89.4 Å². The van der Waals surface area contributed by atoms with Crippen molar-refractivity contribution in [3.05, 3.63) is 179 Å². The summed E-state index contributed by atoms with van der Waals surface area (Å²) in [4.78, 5) is 54.6. The number of benzene rings is 3. The number of anilines is 3. The van der Waals surface area contributed by atoms with Crippen LogP contribution in [0.5, 0.6) is 0 Å². The van der Waals surface area contributed by atoms with Gasteiger partial charge < -0.3 is 14.2 Å². The number of carbonyl (C=O) groups is 3. The fourth-order valence-corrected chi connectivity index (χ4v) is 9.10. The third-order valence-corrected chi connectivity index (χ3v) is 13.6. The zero-order chi connectivity index (χ0) is 49.9. The molecule has 0 N–H and O–H groups in total. The molecule has 72 heavy (non-hydrogen) atoms. The molecule has 6 aromatic rings. The summed E-state index contributed by atoms with van der Waals surface area (Å²) in [6, 6.07) is 40.6. The Bertz CT molecular complexity index is 2750. The quantitative estimate of drug-likeness (QED) is 0.126. The lowest BCUT2D eigenvalue weighted by molar-refractivity contribution is -0.0125. The normalized spacial score (nSPS) is 21.3. The minimum absolute atomic E-state index is 0.102. The molecule has 5 aliphatic rings. The molecule has 3 aliphatic heterocycles. The molecule has 11 rings (SSSR count). The number of aromatic nitrogens is 3. The molecule has 362 valence electrons. The SMILES string of the molecule is CC1CN(c2ccc(C#Cc3ccccc3)cn2)C(=O)OC1(C)C.O=C1OC2CCCC2CN1c1ccc(C#Cc2ccccc2)cn1.O=C1OC2CCCC2CN1c1ccc(C#Cc2ccccc2)cn1. The van der Waals surface area contributed by atoms with Crippen molar-refractivity contribution in [2.24, 2.45) is 17.8 Å². The van der Waals surface area contributed by atoms with Crippen LogP contribution < -0.4 is 14.7 Å². The van der Waals surface area contributed by atoms with Crippen molar-refractivity contribution in [1.29, 1.82) is 0 Å². The van der Waals surface area contributed by atoms with Crippen LogP contribution in [0.15, 0.2) is 146 Å². The van der Waals surface area contributed by atoms with Gasteiger partial charge in [0.25, 0.3) is 0 Å². The van der Waals surface area contributed by atoms with Crippen molar-refractivity contribution in [2.75, 3.05) is 34.3 Å². The molecule has 2 aliphatic carbocycles. The van der Waals surface area contributed by atoms with E-state index in [2.05, 4.69) is 57.4 Å². The molecule has 6 heterocycles. The number of hydrogen-bond acceptors (Lipinski definition) is 9. The topological polar surface area (TPSA) is 127 Å². The number of rotatable bonds is 3. The third kappa shape index (κ3) is 12.3. The van der Waals surface area contributed by atoms with Gasteiger partial charge in [-0.25, -0.2) is 29.3 Å². The molecule has 12 nitrogen and oxygen atoms in total. The molecule has 3 aromatic heterocycles. The van der Waals surface area contributed by atoms with Gasteiger partial charge in [-0.2, -0.15) is 0 Å². The van der Waals surface area contributed by atoms with Crippen molar-refractivity contribution in [3.63, 3.8) is 0 Å². The van der Waals surface area contributed by atoms with Gasteiger partial charge in [0.05, 0.1) is 0 Å². The van der Waals surface area contributed by atoms with Gasteiger partial charge in [0.15, 0.2) is 0 Å². The van der Waals surface area contributed by atoms with Gasteiger partial charge in [-0.05, 0) is 125 Å². The largest absolute Gasteiger partial charge is 0.445 e. The lowest BCUT2D eigenvalue weighted by atomic mass is 9.91. The van der Waals surface area contributed by atoms with E-state index in [4.69, 9.17) is 14.2 Å². The predicted molar refractivity (Wildman–Crippen MR) is 277 cm³/mol. The van der Waals surface area contributed by atoms with E-state index in [0.717, 1.165) is 71.9 Å². The summed E-state index contributed by atoms with van der Waals surface area (Å²) in [6.45, 7) is 7.93.